The highest BCUT2D eigenvalue weighted by atomic mass is 35.5. The van der Waals surface area contributed by atoms with Crippen LogP contribution >= 0.6 is 11.6 Å². The Morgan fingerprint density at radius 3 is 2.58 bits per heavy atom. The van der Waals surface area contributed by atoms with Crippen molar-refractivity contribution in [3.8, 4) is 6.07 Å². The van der Waals surface area contributed by atoms with E-state index >= 15 is 0 Å². The third-order valence-electron chi connectivity index (χ3n) is 3.92. The molecule has 5 heteroatoms. The molecule has 0 unspecified atom stereocenters. The quantitative estimate of drug-likeness (QED) is 0.514. The van der Waals surface area contributed by atoms with Crippen LogP contribution in [0, 0.1) is 11.3 Å². The standard InChI is InChI=1S/C21H16ClN3O/c22-19-10-4-2-7-16(19)13-25-21(26)17(12-23)14-24-20-11-5-8-15-6-1-3-9-18(15)20/h1-11,14,24H,13H2,(H,25,26)/b17-14-. The lowest BCUT2D eigenvalue weighted by molar-refractivity contribution is -0.117. The molecule has 0 atom stereocenters. The molecule has 0 fully saturated rings. The lowest BCUT2D eigenvalue weighted by Gasteiger charge is -2.08. The number of anilines is 1. The molecule has 0 bridgehead atoms. The number of fused-ring (bicyclic) bond motifs is 1. The molecule has 0 aliphatic rings. The Hall–Kier alpha value is -3.29. The maximum atomic E-state index is 12.3. The van der Waals surface area contributed by atoms with Gasteiger partial charge in [-0.3, -0.25) is 4.79 Å². The summed E-state index contributed by atoms with van der Waals surface area (Å²) >= 11 is 6.07. The maximum Gasteiger partial charge on any atom is 0.263 e. The van der Waals surface area contributed by atoms with Gasteiger partial charge in [0.25, 0.3) is 5.91 Å². The Morgan fingerprint density at radius 2 is 1.77 bits per heavy atom. The molecule has 0 spiro atoms. The van der Waals surface area contributed by atoms with E-state index in [1.54, 1.807) is 6.07 Å². The van der Waals surface area contributed by atoms with E-state index in [4.69, 9.17) is 11.6 Å². The molecular weight excluding hydrogens is 346 g/mol. The number of hydrogen-bond donors (Lipinski definition) is 2. The molecule has 0 aromatic heterocycles. The lowest BCUT2D eigenvalue weighted by Crippen LogP contribution is -2.24. The Bertz CT molecular complexity index is 1020. The number of amides is 1. The number of nitriles is 1. The minimum Gasteiger partial charge on any atom is -0.360 e. The number of carbonyl (C=O) groups excluding carboxylic acids is 1. The maximum absolute atomic E-state index is 12.3. The largest absolute Gasteiger partial charge is 0.360 e. The van der Waals surface area contributed by atoms with Crippen LogP contribution in [-0.2, 0) is 11.3 Å². The fraction of sp³-hybridized carbons (Fsp3) is 0.0476. The normalized spacial score (nSPS) is 11.0. The van der Waals surface area contributed by atoms with E-state index in [-0.39, 0.29) is 12.1 Å². The van der Waals surface area contributed by atoms with Crippen molar-refractivity contribution in [2.24, 2.45) is 0 Å². The van der Waals surface area contributed by atoms with Gasteiger partial charge in [0.05, 0.1) is 0 Å². The number of benzene rings is 3. The molecule has 128 valence electrons. The fourth-order valence-electron chi connectivity index (χ4n) is 2.56. The fourth-order valence-corrected chi connectivity index (χ4v) is 2.76. The minimum atomic E-state index is -0.458. The van der Waals surface area contributed by atoms with Crippen LogP contribution in [0.25, 0.3) is 10.8 Å². The number of hydrogen-bond acceptors (Lipinski definition) is 3. The van der Waals surface area contributed by atoms with Gasteiger partial charge in [-0.1, -0.05) is 66.2 Å². The van der Waals surface area contributed by atoms with Crippen molar-refractivity contribution in [1.29, 1.82) is 5.26 Å². The number of halogens is 1. The summed E-state index contributed by atoms with van der Waals surface area (Å²) in [6.45, 7) is 0.256. The van der Waals surface area contributed by atoms with Gasteiger partial charge < -0.3 is 10.6 Å². The van der Waals surface area contributed by atoms with Crippen LogP contribution in [0.15, 0.2) is 78.5 Å². The van der Waals surface area contributed by atoms with Gasteiger partial charge in [0.15, 0.2) is 0 Å². The molecule has 26 heavy (non-hydrogen) atoms. The second-order valence-corrected chi connectivity index (χ2v) is 6.02. The summed E-state index contributed by atoms with van der Waals surface area (Å²) in [6, 6.07) is 22.9. The second-order valence-electron chi connectivity index (χ2n) is 5.61. The molecular formula is C21H16ClN3O. The summed E-state index contributed by atoms with van der Waals surface area (Å²) in [5, 5.41) is 17.7. The molecule has 1 amide bonds. The van der Waals surface area contributed by atoms with Gasteiger partial charge >= 0.3 is 0 Å². The third-order valence-corrected chi connectivity index (χ3v) is 4.29. The summed E-state index contributed by atoms with van der Waals surface area (Å²) in [5.74, 6) is -0.458. The Labute approximate surface area is 156 Å². The van der Waals surface area contributed by atoms with Crippen LogP contribution in [0.5, 0.6) is 0 Å². The Morgan fingerprint density at radius 1 is 1.04 bits per heavy atom. The highest BCUT2D eigenvalue weighted by molar-refractivity contribution is 6.31. The summed E-state index contributed by atoms with van der Waals surface area (Å²) in [4.78, 5) is 12.3. The molecule has 3 rings (SSSR count). The van der Waals surface area contributed by atoms with E-state index < -0.39 is 5.91 Å². The van der Waals surface area contributed by atoms with Crippen LogP contribution in [-0.4, -0.2) is 5.91 Å². The SMILES string of the molecule is N#C/C(=C/Nc1cccc2ccccc12)C(=O)NCc1ccccc1Cl. The molecule has 0 aliphatic carbocycles. The second kappa shape index (κ2) is 8.19. The van der Waals surface area contributed by atoms with Gasteiger partial charge in [-0.2, -0.15) is 5.26 Å². The van der Waals surface area contributed by atoms with Gasteiger partial charge in [0.1, 0.15) is 11.6 Å². The molecule has 2 N–H and O–H groups in total. The molecule has 3 aromatic carbocycles. The zero-order chi connectivity index (χ0) is 18.4. The van der Waals surface area contributed by atoms with E-state index in [1.807, 2.05) is 66.7 Å². The molecule has 3 aromatic rings. The van der Waals surface area contributed by atoms with E-state index in [2.05, 4.69) is 10.6 Å². The van der Waals surface area contributed by atoms with Gasteiger partial charge in [-0.25, -0.2) is 0 Å². The predicted octanol–water partition coefficient (Wildman–Crippen LogP) is 4.63. The average molecular weight is 362 g/mol. The first-order valence-electron chi connectivity index (χ1n) is 8.05. The number of nitrogens with one attached hydrogen (secondary N) is 2. The van der Waals surface area contributed by atoms with Crippen molar-refractivity contribution >= 4 is 34.0 Å². The van der Waals surface area contributed by atoms with Gasteiger partial charge in [-0.15, -0.1) is 0 Å². The van der Waals surface area contributed by atoms with Crippen molar-refractivity contribution < 1.29 is 4.79 Å². The number of nitrogens with zero attached hydrogens (tertiary/aromatic N) is 1. The topological polar surface area (TPSA) is 64.9 Å². The summed E-state index contributed by atoms with van der Waals surface area (Å²) in [6.07, 6.45) is 1.42. The molecule has 0 saturated carbocycles. The Balaban J connectivity index is 1.72. The van der Waals surface area contributed by atoms with Crippen LogP contribution in [0.1, 0.15) is 5.56 Å². The van der Waals surface area contributed by atoms with Crippen molar-refractivity contribution in [1.82, 2.24) is 5.32 Å². The third kappa shape index (κ3) is 4.02. The van der Waals surface area contributed by atoms with Crippen LogP contribution in [0.2, 0.25) is 5.02 Å². The van der Waals surface area contributed by atoms with Crippen molar-refractivity contribution in [3.05, 3.63) is 89.1 Å². The first-order chi connectivity index (χ1) is 12.7. The van der Waals surface area contributed by atoms with E-state index in [9.17, 15) is 10.1 Å². The molecule has 0 radical (unpaired) electrons. The zero-order valence-corrected chi connectivity index (χ0v) is 14.6. The zero-order valence-electron chi connectivity index (χ0n) is 13.9. The van der Waals surface area contributed by atoms with Crippen molar-refractivity contribution in [3.63, 3.8) is 0 Å². The summed E-state index contributed by atoms with van der Waals surface area (Å²) in [5.41, 5.74) is 1.61. The number of carbonyl (C=O) groups is 1. The summed E-state index contributed by atoms with van der Waals surface area (Å²) < 4.78 is 0. The highest BCUT2D eigenvalue weighted by Gasteiger charge is 2.10. The van der Waals surface area contributed by atoms with E-state index in [1.165, 1.54) is 6.20 Å². The monoisotopic (exact) mass is 361 g/mol. The molecule has 0 saturated heterocycles. The smallest absolute Gasteiger partial charge is 0.263 e. The van der Waals surface area contributed by atoms with Crippen molar-refractivity contribution in [2.75, 3.05) is 5.32 Å². The van der Waals surface area contributed by atoms with Gasteiger partial charge in [-0.05, 0) is 23.1 Å². The van der Waals surface area contributed by atoms with Crippen LogP contribution in [0.4, 0.5) is 5.69 Å². The van der Waals surface area contributed by atoms with Gasteiger partial charge in [0.2, 0.25) is 0 Å². The first-order valence-corrected chi connectivity index (χ1v) is 8.43. The lowest BCUT2D eigenvalue weighted by atomic mass is 10.1. The van der Waals surface area contributed by atoms with E-state index in [0.717, 1.165) is 22.0 Å². The molecule has 0 heterocycles. The summed E-state index contributed by atoms with van der Waals surface area (Å²) in [7, 11) is 0. The van der Waals surface area contributed by atoms with Crippen LogP contribution < -0.4 is 10.6 Å². The van der Waals surface area contributed by atoms with Crippen molar-refractivity contribution in [2.45, 2.75) is 6.54 Å². The predicted molar refractivity (Wildman–Crippen MR) is 105 cm³/mol. The first kappa shape index (κ1) is 17.5. The van der Waals surface area contributed by atoms with E-state index in [0.29, 0.717) is 5.02 Å². The highest BCUT2D eigenvalue weighted by Crippen LogP contribution is 2.23. The van der Waals surface area contributed by atoms with Gasteiger partial charge in [0, 0.05) is 28.8 Å². The average Bonchev–Trinajstić information content (AvgIpc) is 2.68. The van der Waals surface area contributed by atoms with Crippen LogP contribution in [0.3, 0.4) is 0 Å². The minimum absolute atomic E-state index is 0.00927. The molecule has 0 aliphatic heterocycles. The number of rotatable bonds is 5. The molecule has 4 nitrogen and oxygen atoms in total. The Kier molecular flexibility index (Phi) is 5.52.